The summed E-state index contributed by atoms with van der Waals surface area (Å²) in [5.74, 6) is 2.73. The molecule has 0 saturated heterocycles. The first-order chi connectivity index (χ1) is 16.4. The maximum Gasteiger partial charge on any atom is 3.00 e. The zero-order valence-corrected chi connectivity index (χ0v) is 36.1. The van der Waals surface area contributed by atoms with E-state index < -0.39 is 0 Å². The monoisotopic (exact) mass is 804 g/mol. The molecular formula is C37H79NY3. The molecule has 1 aromatic heterocycles. The van der Waals surface area contributed by atoms with Gasteiger partial charge in [0.2, 0.25) is 0 Å². The van der Waals surface area contributed by atoms with Crippen LogP contribution in [0.2, 0.25) is 0 Å². The van der Waals surface area contributed by atoms with Crippen molar-refractivity contribution in [3.8, 4) is 0 Å². The zero-order chi connectivity index (χ0) is 27.4. The van der Waals surface area contributed by atoms with Gasteiger partial charge in [-0.25, -0.2) is 0 Å². The molecule has 0 N–H and O–H groups in total. The third kappa shape index (κ3) is 52.3. The van der Waals surface area contributed by atoms with E-state index in [1.807, 2.05) is 55.4 Å². The molecule has 0 aliphatic carbocycles. The zero-order valence-electron chi connectivity index (χ0n) is 27.6. The summed E-state index contributed by atoms with van der Waals surface area (Å²) in [6.07, 6.45) is 19.3. The van der Waals surface area contributed by atoms with Gasteiger partial charge in [-0.1, -0.05) is 113 Å². The largest absolute Gasteiger partial charge is 3.00 e. The van der Waals surface area contributed by atoms with Gasteiger partial charge >= 0.3 is 65.4 Å². The second-order valence-electron chi connectivity index (χ2n) is 8.08. The third-order valence-electron chi connectivity index (χ3n) is 5.31. The van der Waals surface area contributed by atoms with Crippen LogP contribution in [0.15, 0.2) is 6.07 Å². The molecule has 0 spiro atoms. The van der Waals surface area contributed by atoms with Crippen LogP contribution in [-0.4, -0.2) is 4.98 Å². The molecule has 0 amide bonds. The minimum absolute atomic E-state index is 0. The van der Waals surface area contributed by atoms with Gasteiger partial charge < -0.3 is 42.8 Å². The van der Waals surface area contributed by atoms with Crippen LogP contribution in [0.4, 0.5) is 0 Å². The van der Waals surface area contributed by atoms with Crippen molar-refractivity contribution in [2.24, 2.45) is 23.7 Å². The summed E-state index contributed by atoms with van der Waals surface area (Å²) >= 11 is 0. The predicted octanol–water partition coefficient (Wildman–Crippen LogP) is 13.4. The van der Waals surface area contributed by atoms with Crippen LogP contribution in [0.1, 0.15) is 164 Å². The molecule has 1 aromatic rings. The first kappa shape index (κ1) is 74.4. The van der Waals surface area contributed by atoms with Gasteiger partial charge in [-0.05, 0) is 0 Å². The number of hydrogen-bond donors (Lipinski definition) is 0. The van der Waals surface area contributed by atoms with Crippen LogP contribution >= 0.6 is 0 Å². The molecule has 4 atom stereocenters. The number of rotatable bonds is 14. The molecule has 1 rings (SSSR count). The van der Waals surface area contributed by atoms with Crippen molar-refractivity contribution in [3.63, 3.8) is 0 Å². The molecule has 241 valence electrons. The summed E-state index contributed by atoms with van der Waals surface area (Å²) < 4.78 is 0. The van der Waals surface area contributed by atoms with Gasteiger partial charge in [0.05, 0.1) is 0 Å². The topological polar surface area (TPSA) is 12.9 Å². The average Bonchev–Trinajstić information content (AvgIpc) is 2.89. The molecule has 0 unspecified atom stereocenters. The number of nitrogens with zero attached hydrogens (tertiary/aromatic N) is 1. The van der Waals surface area contributed by atoms with Gasteiger partial charge in [-0.2, -0.15) is 62.3 Å². The van der Waals surface area contributed by atoms with Crippen molar-refractivity contribution in [1.82, 2.24) is 4.98 Å². The van der Waals surface area contributed by atoms with E-state index in [9.17, 15) is 0 Å². The maximum atomic E-state index is 4.49. The van der Waals surface area contributed by atoms with Crippen molar-refractivity contribution in [1.29, 1.82) is 0 Å². The Morgan fingerprint density at radius 3 is 1.27 bits per heavy atom. The van der Waals surface area contributed by atoms with E-state index in [4.69, 9.17) is 0 Å². The van der Waals surface area contributed by atoms with Crippen LogP contribution in [0, 0.1) is 61.6 Å². The maximum absolute atomic E-state index is 4.49. The van der Waals surface area contributed by atoms with Gasteiger partial charge in [-0.15, -0.1) is 25.7 Å². The minimum atomic E-state index is 0. The third-order valence-corrected chi connectivity index (χ3v) is 5.31. The summed E-state index contributed by atoms with van der Waals surface area (Å²) in [4.78, 5) is 4.49. The molecule has 0 aliphatic heterocycles. The second kappa shape index (κ2) is 61.5. The Morgan fingerprint density at radius 1 is 0.634 bits per heavy atom. The standard InChI is InChI=1S/C25H39N.4C2H6.4CH4.3Y/c1-7-20(3)17-22(5)11-9-13-24-15-16-25(26-19-24)14-10-12-23(6)18-21(4)8-2;4*1-2;;;;;;;/h7-8,11-12,15,20-23H,9-10,13-14,17-18H2,1-6H3;4*1-2H3;4*1H4;;;/q-6;;;;;;;;;;2*+3/t20-,21-,22+,23+;;;;;;;;;;;/m0.........../s1. The van der Waals surface area contributed by atoms with Crippen molar-refractivity contribution in [2.75, 3.05) is 0 Å². The molecule has 0 aromatic carbocycles. The van der Waals surface area contributed by atoms with E-state index in [1.165, 1.54) is 18.4 Å². The van der Waals surface area contributed by atoms with E-state index in [0.717, 1.165) is 31.4 Å². The molecular weight excluding hydrogens is 725 g/mol. The molecule has 41 heavy (non-hydrogen) atoms. The Morgan fingerprint density at radius 2 is 0.976 bits per heavy atom. The van der Waals surface area contributed by atoms with Crippen molar-refractivity contribution < 1.29 is 98.1 Å². The van der Waals surface area contributed by atoms with E-state index >= 15 is 0 Å². The van der Waals surface area contributed by atoms with Gasteiger partial charge in [0, 0.05) is 32.7 Å². The van der Waals surface area contributed by atoms with E-state index in [2.05, 4.69) is 90.5 Å². The van der Waals surface area contributed by atoms with Gasteiger partial charge in [-0.3, -0.25) is 5.56 Å². The second-order valence-corrected chi connectivity index (χ2v) is 8.08. The fourth-order valence-corrected chi connectivity index (χ4v) is 3.30. The SMILES string of the molecule is C.C.C.C.CC.CC.CC.CC.C[CH-][C@H](C)C[C@H](C)[CH-]CCc1[c-]nc(CC[CH-][C@@H](C)C[C@@H](C)[CH-]C)[c-]c1.[Y+3].[Y+3].[Y]. The Labute approximate surface area is 343 Å². The molecule has 0 fully saturated rings. The van der Waals surface area contributed by atoms with E-state index in [0.29, 0.717) is 23.7 Å². The average molecular weight is 805 g/mol. The molecule has 1 radical (unpaired) electrons. The van der Waals surface area contributed by atoms with E-state index in [1.54, 1.807) is 0 Å². The fourth-order valence-electron chi connectivity index (χ4n) is 3.30. The van der Waals surface area contributed by atoms with Crippen LogP contribution in [0.3, 0.4) is 0 Å². The molecule has 0 aliphatic rings. The van der Waals surface area contributed by atoms with Crippen molar-refractivity contribution >= 4 is 0 Å². The Balaban J connectivity index is -0.0000000612. The van der Waals surface area contributed by atoms with Gasteiger partial charge in [0.15, 0.2) is 0 Å². The first-order valence-electron chi connectivity index (χ1n) is 14.5. The molecule has 4 heteroatoms. The summed E-state index contributed by atoms with van der Waals surface area (Å²) in [6.45, 7) is 29.5. The van der Waals surface area contributed by atoms with Gasteiger partial charge in [0.1, 0.15) is 0 Å². The number of aromatic nitrogens is 1. The summed E-state index contributed by atoms with van der Waals surface area (Å²) in [6, 6.07) is 5.44. The van der Waals surface area contributed by atoms with E-state index in [-0.39, 0.29) is 128 Å². The van der Waals surface area contributed by atoms with Gasteiger partial charge in [0.25, 0.3) is 0 Å². The summed E-state index contributed by atoms with van der Waals surface area (Å²) in [5.41, 5.74) is 2.22. The number of hydrogen-bond acceptors (Lipinski definition) is 1. The Hall–Kier alpha value is 2.46. The van der Waals surface area contributed by atoms with Crippen LogP contribution in [0.5, 0.6) is 0 Å². The van der Waals surface area contributed by atoms with Crippen molar-refractivity contribution in [2.45, 2.75) is 165 Å². The summed E-state index contributed by atoms with van der Waals surface area (Å²) in [5, 5.41) is 0. The molecule has 1 heterocycles. The van der Waals surface area contributed by atoms with Crippen LogP contribution in [-0.2, 0) is 111 Å². The minimum Gasteiger partial charge on any atom is -0.430 e. The Kier molecular flexibility index (Phi) is 111. The van der Waals surface area contributed by atoms with Crippen LogP contribution in [0.25, 0.3) is 0 Å². The fraction of sp³-hybridized carbons (Fsp3) is 0.757. The molecule has 0 saturated carbocycles. The Bertz CT molecular complexity index is 423. The summed E-state index contributed by atoms with van der Waals surface area (Å²) in [7, 11) is 0. The predicted molar refractivity (Wildman–Crippen MR) is 185 cm³/mol. The normalized spacial score (nSPS) is 10.9. The molecule has 1 nitrogen and oxygen atoms in total. The number of pyridine rings is 1. The molecule has 0 bridgehead atoms. The smallest absolute Gasteiger partial charge is 0.430 e. The first-order valence-corrected chi connectivity index (χ1v) is 14.5. The van der Waals surface area contributed by atoms with Crippen molar-refractivity contribution in [3.05, 3.63) is 55.3 Å². The number of aryl methyl sites for hydroxylation is 2. The van der Waals surface area contributed by atoms with Crippen LogP contribution < -0.4 is 0 Å². The quantitative estimate of drug-likeness (QED) is 0.171.